The summed E-state index contributed by atoms with van der Waals surface area (Å²) in [6.07, 6.45) is -4.74. The Bertz CT molecular complexity index is 229. The molecule has 15 heavy (non-hydrogen) atoms. The number of carbonyl (C=O) groups excluding carboxylic acids is 1. The fourth-order valence-electron chi connectivity index (χ4n) is 1.51. The molecule has 1 aliphatic rings. The van der Waals surface area contributed by atoms with Crippen LogP contribution in [0.4, 0.5) is 0 Å². The van der Waals surface area contributed by atoms with Crippen LogP contribution in [-0.2, 0) is 19.0 Å². The van der Waals surface area contributed by atoms with Crippen molar-refractivity contribution in [3.63, 3.8) is 0 Å². The molecule has 0 saturated carbocycles. The zero-order valence-electron chi connectivity index (χ0n) is 8.91. The summed E-state index contributed by atoms with van der Waals surface area (Å²) in [6.45, 7) is 2.81. The quantitative estimate of drug-likeness (QED) is 0.582. The second kappa shape index (κ2) is 4.89. The Morgan fingerprint density at radius 1 is 1.33 bits per heavy atom. The van der Waals surface area contributed by atoms with E-state index in [1.807, 2.05) is 0 Å². The number of carbonyl (C=O) groups is 1. The van der Waals surface area contributed by atoms with Gasteiger partial charge in [-0.2, -0.15) is 0 Å². The Balaban J connectivity index is 2.75. The van der Waals surface area contributed by atoms with E-state index < -0.39 is 36.7 Å². The Hall–Kier alpha value is -0.690. The van der Waals surface area contributed by atoms with Gasteiger partial charge in [0.15, 0.2) is 12.4 Å². The third-order valence-electron chi connectivity index (χ3n) is 2.32. The summed E-state index contributed by atoms with van der Waals surface area (Å²) in [4.78, 5) is 10.8. The van der Waals surface area contributed by atoms with Crippen molar-refractivity contribution in [2.24, 2.45) is 0 Å². The van der Waals surface area contributed by atoms with Gasteiger partial charge in [-0.1, -0.05) is 0 Å². The lowest BCUT2D eigenvalue weighted by Gasteiger charge is -2.39. The average Bonchev–Trinajstić information content (AvgIpc) is 2.18. The molecule has 0 aliphatic carbocycles. The minimum Gasteiger partial charge on any atom is -0.454 e. The summed E-state index contributed by atoms with van der Waals surface area (Å²) >= 11 is 0. The van der Waals surface area contributed by atoms with E-state index in [-0.39, 0.29) is 0 Å². The van der Waals surface area contributed by atoms with Crippen molar-refractivity contribution in [1.29, 1.82) is 0 Å². The first kappa shape index (κ1) is 12.4. The van der Waals surface area contributed by atoms with Crippen LogP contribution in [0.5, 0.6) is 0 Å². The number of hydrogen-bond donors (Lipinski definition) is 2. The SMILES string of the molecule is CO[C@@H]1O[C@@H](C)[C@H](O)[C@@H](O)[C@H]1OC(C)=O. The third kappa shape index (κ3) is 2.66. The zero-order valence-corrected chi connectivity index (χ0v) is 8.91. The Morgan fingerprint density at radius 2 is 1.93 bits per heavy atom. The summed E-state index contributed by atoms with van der Waals surface area (Å²) in [6, 6.07) is 0. The second-order valence-electron chi connectivity index (χ2n) is 3.50. The average molecular weight is 220 g/mol. The van der Waals surface area contributed by atoms with Crippen molar-refractivity contribution in [2.45, 2.75) is 44.6 Å². The molecule has 0 spiro atoms. The van der Waals surface area contributed by atoms with Crippen LogP contribution in [-0.4, -0.2) is 54.0 Å². The van der Waals surface area contributed by atoms with Gasteiger partial charge in [-0.3, -0.25) is 4.79 Å². The first-order valence-electron chi connectivity index (χ1n) is 4.69. The fraction of sp³-hybridized carbons (Fsp3) is 0.889. The predicted molar refractivity (Wildman–Crippen MR) is 48.9 cm³/mol. The molecule has 1 heterocycles. The van der Waals surface area contributed by atoms with Crippen LogP contribution < -0.4 is 0 Å². The van der Waals surface area contributed by atoms with Gasteiger partial charge in [-0.05, 0) is 6.92 Å². The number of esters is 1. The van der Waals surface area contributed by atoms with Gasteiger partial charge in [0.25, 0.3) is 0 Å². The van der Waals surface area contributed by atoms with Crippen LogP contribution in [0.25, 0.3) is 0 Å². The van der Waals surface area contributed by atoms with Crippen molar-refractivity contribution < 1.29 is 29.2 Å². The topological polar surface area (TPSA) is 85.2 Å². The lowest BCUT2D eigenvalue weighted by Crippen LogP contribution is -2.58. The van der Waals surface area contributed by atoms with Gasteiger partial charge < -0.3 is 24.4 Å². The Labute approximate surface area is 87.7 Å². The number of methoxy groups -OCH3 is 1. The lowest BCUT2D eigenvalue weighted by molar-refractivity contribution is -0.289. The number of rotatable bonds is 2. The number of hydrogen-bond acceptors (Lipinski definition) is 6. The van der Waals surface area contributed by atoms with Crippen LogP contribution in [0.3, 0.4) is 0 Å². The van der Waals surface area contributed by atoms with Crippen LogP contribution in [0.2, 0.25) is 0 Å². The molecule has 0 aromatic heterocycles. The van der Waals surface area contributed by atoms with E-state index in [0.717, 1.165) is 0 Å². The number of ether oxygens (including phenoxy) is 3. The van der Waals surface area contributed by atoms with Gasteiger partial charge in [0, 0.05) is 14.0 Å². The molecule has 2 N–H and O–H groups in total. The van der Waals surface area contributed by atoms with Crippen molar-refractivity contribution >= 4 is 5.97 Å². The predicted octanol–water partition coefficient (Wildman–Crippen LogP) is -0.969. The summed E-state index contributed by atoms with van der Waals surface area (Å²) in [5.41, 5.74) is 0. The highest BCUT2D eigenvalue weighted by molar-refractivity contribution is 5.66. The molecule has 5 atom stereocenters. The van der Waals surface area contributed by atoms with E-state index in [4.69, 9.17) is 14.2 Å². The van der Waals surface area contributed by atoms with Gasteiger partial charge in [-0.25, -0.2) is 0 Å². The molecule has 0 unspecified atom stereocenters. The molecule has 1 fully saturated rings. The highest BCUT2D eigenvalue weighted by Gasteiger charge is 2.44. The smallest absolute Gasteiger partial charge is 0.303 e. The molecule has 0 amide bonds. The molecule has 6 nitrogen and oxygen atoms in total. The Morgan fingerprint density at radius 3 is 2.40 bits per heavy atom. The van der Waals surface area contributed by atoms with Crippen LogP contribution in [0, 0.1) is 0 Å². The Kier molecular flexibility index (Phi) is 4.04. The van der Waals surface area contributed by atoms with Crippen molar-refractivity contribution in [1.82, 2.24) is 0 Å². The summed E-state index contributed by atoms with van der Waals surface area (Å²) in [5.74, 6) is -0.563. The molecule has 88 valence electrons. The molecule has 6 heteroatoms. The van der Waals surface area contributed by atoms with E-state index in [2.05, 4.69) is 0 Å². The van der Waals surface area contributed by atoms with Crippen LogP contribution in [0.15, 0.2) is 0 Å². The van der Waals surface area contributed by atoms with Crippen molar-refractivity contribution in [3.05, 3.63) is 0 Å². The number of aliphatic hydroxyl groups excluding tert-OH is 2. The zero-order chi connectivity index (χ0) is 11.6. The maximum atomic E-state index is 10.8. The standard InChI is InChI=1S/C9H16O6/c1-4-6(11)7(12)8(15-5(2)10)9(13-3)14-4/h4,6-9,11-12H,1-3H3/t4-,6-,7+,8+,9+/m0/s1. The van der Waals surface area contributed by atoms with E-state index in [0.29, 0.717) is 0 Å². The summed E-state index contributed by atoms with van der Waals surface area (Å²) < 4.78 is 15.0. The molecule has 0 aromatic carbocycles. The molecule has 1 saturated heterocycles. The highest BCUT2D eigenvalue weighted by atomic mass is 16.7. The molecule has 0 radical (unpaired) electrons. The molecule has 1 aliphatic heterocycles. The second-order valence-corrected chi connectivity index (χ2v) is 3.50. The van der Waals surface area contributed by atoms with E-state index >= 15 is 0 Å². The summed E-state index contributed by atoms with van der Waals surface area (Å²) in [5, 5.41) is 19.2. The fourth-order valence-corrected chi connectivity index (χ4v) is 1.51. The largest absolute Gasteiger partial charge is 0.454 e. The minimum atomic E-state index is -1.21. The van der Waals surface area contributed by atoms with Gasteiger partial charge in [0.05, 0.1) is 6.10 Å². The van der Waals surface area contributed by atoms with Crippen molar-refractivity contribution in [3.8, 4) is 0 Å². The molecular weight excluding hydrogens is 204 g/mol. The monoisotopic (exact) mass is 220 g/mol. The maximum Gasteiger partial charge on any atom is 0.303 e. The first-order valence-corrected chi connectivity index (χ1v) is 4.69. The summed E-state index contributed by atoms with van der Waals surface area (Å²) in [7, 11) is 1.37. The van der Waals surface area contributed by atoms with Crippen molar-refractivity contribution in [2.75, 3.05) is 7.11 Å². The van der Waals surface area contributed by atoms with Gasteiger partial charge in [-0.15, -0.1) is 0 Å². The van der Waals surface area contributed by atoms with Crippen LogP contribution in [0.1, 0.15) is 13.8 Å². The van der Waals surface area contributed by atoms with Gasteiger partial charge in [0.2, 0.25) is 0 Å². The minimum absolute atomic E-state index is 0.563. The van der Waals surface area contributed by atoms with Gasteiger partial charge >= 0.3 is 5.97 Å². The van der Waals surface area contributed by atoms with Crippen LogP contribution >= 0.6 is 0 Å². The normalized spacial score (nSPS) is 41.3. The maximum absolute atomic E-state index is 10.8. The molecule has 0 aromatic rings. The van der Waals surface area contributed by atoms with E-state index in [9.17, 15) is 15.0 Å². The first-order chi connectivity index (χ1) is 6.97. The van der Waals surface area contributed by atoms with Gasteiger partial charge in [0.1, 0.15) is 12.2 Å². The third-order valence-corrected chi connectivity index (χ3v) is 2.32. The number of aliphatic hydroxyl groups is 2. The molecule has 1 rings (SSSR count). The van der Waals surface area contributed by atoms with E-state index in [1.54, 1.807) is 6.92 Å². The lowest BCUT2D eigenvalue weighted by atomic mass is 10.00. The molecular formula is C9H16O6. The van der Waals surface area contributed by atoms with E-state index in [1.165, 1.54) is 14.0 Å². The highest BCUT2D eigenvalue weighted by Crippen LogP contribution is 2.23. The molecule has 0 bridgehead atoms.